The van der Waals surface area contributed by atoms with Crippen molar-refractivity contribution in [3.8, 4) is 0 Å². The Morgan fingerprint density at radius 1 is 1.12 bits per heavy atom. The van der Waals surface area contributed by atoms with Gasteiger partial charge in [0, 0.05) is 39.9 Å². The van der Waals surface area contributed by atoms with Crippen LogP contribution in [0.3, 0.4) is 0 Å². The molecule has 0 bridgehead atoms. The molecule has 0 spiro atoms. The van der Waals surface area contributed by atoms with E-state index in [0.29, 0.717) is 18.5 Å². The molecular weight excluding hydrogens is 531 g/mol. The number of halogens is 1. The van der Waals surface area contributed by atoms with Gasteiger partial charge in [-0.3, -0.25) is 0 Å². The van der Waals surface area contributed by atoms with Gasteiger partial charge in [0.25, 0.3) is 0 Å². The molecule has 8 heteroatoms. The topological polar surface area (TPSA) is 75.2 Å². The molecule has 0 aliphatic heterocycles. The van der Waals surface area contributed by atoms with Gasteiger partial charge in [0.15, 0.2) is 5.96 Å². The highest BCUT2D eigenvalue weighted by Gasteiger charge is 2.41. The Kier molecular flexibility index (Phi) is 12.5. The monoisotopic (exact) mass is 574 g/mol. The summed E-state index contributed by atoms with van der Waals surface area (Å²) in [7, 11) is 1.75. The molecule has 0 aromatic heterocycles. The van der Waals surface area contributed by atoms with Gasteiger partial charge in [-0.1, -0.05) is 24.3 Å². The quantitative estimate of drug-likeness (QED) is 0.170. The SMILES string of the molecule is CCNC(=NCc1ccc(CN(C)C(=O)OC(C)(C)C)cc1)NCC1(CCOCC)CC1.I. The van der Waals surface area contributed by atoms with Gasteiger partial charge in [-0.25, -0.2) is 9.79 Å². The molecule has 1 saturated carbocycles. The summed E-state index contributed by atoms with van der Waals surface area (Å²) in [6, 6.07) is 8.21. The number of carbonyl (C=O) groups excluding carboxylic acids is 1. The maximum Gasteiger partial charge on any atom is 0.410 e. The van der Waals surface area contributed by atoms with Gasteiger partial charge in [0.05, 0.1) is 6.54 Å². The summed E-state index contributed by atoms with van der Waals surface area (Å²) in [6.45, 7) is 14.2. The maximum absolute atomic E-state index is 12.1. The molecule has 0 radical (unpaired) electrons. The summed E-state index contributed by atoms with van der Waals surface area (Å²) in [5.41, 5.74) is 2.06. The molecule has 188 valence electrons. The molecule has 0 atom stereocenters. The molecule has 0 saturated heterocycles. The third-order valence-corrected chi connectivity index (χ3v) is 5.48. The van der Waals surface area contributed by atoms with E-state index in [4.69, 9.17) is 14.5 Å². The summed E-state index contributed by atoms with van der Waals surface area (Å²) in [6.07, 6.45) is 3.30. The molecule has 1 aliphatic carbocycles. The van der Waals surface area contributed by atoms with Crippen LogP contribution in [0, 0.1) is 5.41 Å². The fraction of sp³-hybridized carbons (Fsp3) is 0.680. The average molecular weight is 575 g/mol. The maximum atomic E-state index is 12.1. The number of carbonyl (C=O) groups is 1. The second kappa shape index (κ2) is 14.0. The van der Waals surface area contributed by atoms with Crippen LogP contribution < -0.4 is 10.6 Å². The van der Waals surface area contributed by atoms with E-state index in [0.717, 1.165) is 49.8 Å². The lowest BCUT2D eigenvalue weighted by Crippen LogP contribution is -2.40. The van der Waals surface area contributed by atoms with Crippen molar-refractivity contribution in [2.45, 2.75) is 72.6 Å². The predicted molar refractivity (Wildman–Crippen MR) is 145 cm³/mol. The Bertz CT molecular complexity index is 743. The van der Waals surface area contributed by atoms with E-state index in [1.807, 2.05) is 39.8 Å². The molecule has 1 aliphatic rings. The summed E-state index contributed by atoms with van der Waals surface area (Å²) in [5.74, 6) is 0.851. The number of rotatable bonds is 11. The summed E-state index contributed by atoms with van der Waals surface area (Å²) in [5, 5.41) is 6.85. The van der Waals surface area contributed by atoms with Gasteiger partial charge < -0.3 is 25.0 Å². The van der Waals surface area contributed by atoms with E-state index < -0.39 is 5.60 Å². The Balaban J connectivity index is 0.00000544. The van der Waals surface area contributed by atoms with Crippen LogP contribution in [0.1, 0.15) is 65.0 Å². The second-order valence-electron chi connectivity index (χ2n) is 9.65. The van der Waals surface area contributed by atoms with Gasteiger partial charge in [-0.15, -0.1) is 24.0 Å². The first-order chi connectivity index (χ1) is 15.2. The zero-order chi connectivity index (χ0) is 23.6. The van der Waals surface area contributed by atoms with Crippen LogP contribution in [0.4, 0.5) is 4.79 Å². The Morgan fingerprint density at radius 3 is 2.30 bits per heavy atom. The van der Waals surface area contributed by atoms with E-state index in [9.17, 15) is 4.79 Å². The summed E-state index contributed by atoms with van der Waals surface area (Å²) in [4.78, 5) is 18.5. The van der Waals surface area contributed by atoms with Crippen molar-refractivity contribution in [3.05, 3.63) is 35.4 Å². The number of ether oxygens (including phenoxy) is 2. The lowest BCUT2D eigenvalue weighted by molar-refractivity contribution is 0.0285. The second-order valence-corrected chi connectivity index (χ2v) is 9.65. The van der Waals surface area contributed by atoms with Gasteiger partial charge in [-0.2, -0.15) is 0 Å². The zero-order valence-corrected chi connectivity index (χ0v) is 23.5. The molecule has 2 rings (SSSR count). The molecule has 33 heavy (non-hydrogen) atoms. The fourth-order valence-corrected chi connectivity index (χ4v) is 3.34. The van der Waals surface area contributed by atoms with Gasteiger partial charge in [0.2, 0.25) is 0 Å². The van der Waals surface area contributed by atoms with E-state index in [1.54, 1.807) is 11.9 Å². The number of guanidine groups is 1. The molecule has 0 heterocycles. The number of hydrogen-bond donors (Lipinski definition) is 2. The number of hydrogen-bond acceptors (Lipinski definition) is 4. The third-order valence-electron chi connectivity index (χ3n) is 5.48. The number of nitrogens with one attached hydrogen (secondary N) is 2. The molecule has 1 aromatic rings. The standard InChI is InChI=1S/C25H42N4O3.HI/c1-7-26-22(28-19-25(13-14-25)15-16-31-8-2)27-17-20-9-11-21(12-10-20)18-29(6)23(30)32-24(3,4)5;/h9-12H,7-8,13-19H2,1-6H3,(H2,26,27,28);1H. The normalized spacial score (nSPS) is 14.8. The molecule has 2 N–H and O–H groups in total. The van der Waals surface area contributed by atoms with Crippen molar-refractivity contribution in [3.63, 3.8) is 0 Å². The van der Waals surface area contributed by atoms with Crippen molar-refractivity contribution in [1.29, 1.82) is 0 Å². The highest BCUT2D eigenvalue weighted by Crippen LogP contribution is 2.48. The molecule has 1 amide bonds. The lowest BCUT2D eigenvalue weighted by atomic mass is 10.0. The van der Waals surface area contributed by atoms with Crippen molar-refractivity contribution in [2.24, 2.45) is 10.4 Å². The van der Waals surface area contributed by atoms with Crippen LogP contribution in [0.5, 0.6) is 0 Å². The third kappa shape index (κ3) is 11.4. The Morgan fingerprint density at radius 2 is 1.76 bits per heavy atom. The van der Waals surface area contributed by atoms with Crippen LogP contribution in [0.2, 0.25) is 0 Å². The minimum atomic E-state index is -0.492. The largest absolute Gasteiger partial charge is 0.444 e. The van der Waals surface area contributed by atoms with E-state index in [2.05, 4.69) is 29.7 Å². The lowest BCUT2D eigenvalue weighted by Gasteiger charge is -2.24. The first-order valence-corrected chi connectivity index (χ1v) is 11.8. The molecular formula is C25H43IN4O3. The van der Waals surface area contributed by atoms with Gasteiger partial charge >= 0.3 is 6.09 Å². The van der Waals surface area contributed by atoms with Crippen molar-refractivity contribution in [1.82, 2.24) is 15.5 Å². The van der Waals surface area contributed by atoms with Crippen LogP contribution in [0.25, 0.3) is 0 Å². The average Bonchev–Trinajstić information content (AvgIpc) is 3.50. The van der Waals surface area contributed by atoms with E-state index >= 15 is 0 Å². The van der Waals surface area contributed by atoms with E-state index in [-0.39, 0.29) is 30.1 Å². The summed E-state index contributed by atoms with van der Waals surface area (Å²) < 4.78 is 10.9. The molecule has 1 fully saturated rings. The Hall–Kier alpha value is -1.55. The molecule has 1 aromatic carbocycles. The van der Waals surface area contributed by atoms with Crippen molar-refractivity contribution < 1.29 is 14.3 Å². The van der Waals surface area contributed by atoms with E-state index in [1.165, 1.54) is 12.8 Å². The minimum Gasteiger partial charge on any atom is -0.444 e. The number of nitrogens with zero attached hydrogens (tertiary/aromatic N) is 2. The van der Waals surface area contributed by atoms with Gasteiger partial charge in [-0.05, 0) is 70.4 Å². The fourth-order valence-electron chi connectivity index (χ4n) is 3.34. The first-order valence-electron chi connectivity index (χ1n) is 11.8. The molecule has 7 nitrogen and oxygen atoms in total. The summed E-state index contributed by atoms with van der Waals surface area (Å²) >= 11 is 0. The number of benzene rings is 1. The number of aliphatic imine (C=N–C) groups is 1. The first kappa shape index (κ1) is 29.5. The van der Waals surface area contributed by atoms with Crippen LogP contribution >= 0.6 is 24.0 Å². The number of amides is 1. The highest BCUT2D eigenvalue weighted by molar-refractivity contribution is 14.0. The highest BCUT2D eigenvalue weighted by atomic mass is 127. The minimum absolute atomic E-state index is 0. The zero-order valence-electron chi connectivity index (χ0n) is 21.2. The van der Waals surface area contributed by atoms with Crippen LogP contribution in [-0.4, -0.2) is 55.9 Å². The van der Waals surface area contributed by atoms with Crippen molar-refractivity contribution in [2.75, 3.05) is 33.4 Å². The van der Waals surface area contributed by atoms with Crippen LogP contribution in [-0.2, 0) is 22.6 Å². The predicted octanol–water partition coefficient (Wildman–Crippen LogP) is 4.93. The van der Waals surface area contributed by atoms with Crippen LogP contribution in [0.15, 0.2) is 29.3 Å². The Labute approximate surface area is 217 Å². The molecule has 0 unspecified atom stereocenters. The smallest absolute Gasteiger partial charge is 0.410 e. The van der Waals surface area contributed by atoms with Gasteiger partial charge in [0.1, 0.15) is 5.60 Å². The van der Waals surface area contributed by atoms with Crippen molar-refractivity contribution >= 4 is 36.0 Å².